The van der Waals surface area contributed by atoms with Crippen LogP contribution in [0.25, 0.3) is 5.69 Å². The van der Waals surface area contributed by atoms with Gasteiger partial charge >= 0.3 is 0 Å². The molecule has 0 amide bonds. The molecule has 6 atom stereocenters. The molecule has 2 saturated carbocycles. The molecule has 1 aromatic carbocycles. The van der Waals surface area contributed by atoms with Crippen molar-refractivity contribution in [3.63, 3.8) is 0 Å². The fourth-order valence-corrected chi connectivity index (χ4v) is 8.63. The molecule has 0 N–H and O–H groups in total. The monoisotopic (exact) mass is 468 g/mol. The van der Waals surface area contributed by atoms with Gasteiger partial charge in [-0.1, -0.05) is 38.0 Å². The standard InChI is InChI=1S/C31H36N2O2/c1-4-20-16-28-26-11-7-22-15-24(35)10-12-25(22)29(26)27(17-31(28,3)30(20)19(2)34)21-5-8-23(9-6-21)33-14-13-32-18-33/h5-6,8-9,13-15,18,20,26-28,30H,4,7,10-12,16-17H2,1-3H3/t20-,26?,27?,28?,30?,31+/m1/s1. The number of aromatic nitrogens is 2. The molecule has 4 aliphatic carbocycles. The summed E-state index contributed by atoms with van der Waals surface area (Å²) in [6.45, 7) is 6.53. The van der Waals surface area contributed by atoms with Gasteiger partial charge in [-0.05, 0) is 97.1 Å². The normalized spacial score (nSPS) is 34.2. The third-order valence-electron chi connectivity index (χ3n) is 9.97. The summed E-state index contributed by atoms with van der Waals surface area (Å²) in [6, 6.07) is 8.97. The second kappa shape index (κ2) is 8.43. The Bertz CT molecular complexity index is 1220. The number of hydrogen-bond donors (Lipinski definition) is 0. The van der Waals surface area contributed by atoms with Crippen LogP contribution in [0.2, 0.25) is 0 Å². The van der Waals surface area contributed by atoms with E-state index in [1.54, 1.807) is 11.8 Å². The minimum atomic E-state index is 0.0284. The van der Waals surface area contributed by atoms with Crippen LogP contribution >= 0.6 is 0 Å². The van der Waals surface area contributed by atoms with E-state index in [0.29, 0.717) is 35.9 Å². The summed E-state index contributed by atoms with van der Waals surface area (Å²) in [7, 11) is 0. The third-order valence-corrected chi connectivity index (χ3v) is 9.97. The molecule has 2 aromatic rings. The molecule has 0 radical (unpaired) electrons. The van der Waals surface area contributed by atoms with Gasteiger partial charge in [0.25, 0.3) is 0 Å². The Morgan fingerprint density at radius 2 is 1.97 bits per heavy atom. The van der Waals surface area contributed by atoms with Crippen LogP contribution in [0, 0.1) is 29.1 Å². The molecule has 0 aliphatic heterocycles. The fraction of sp³-hybridized carbons (Fsp3) is 0.516. The highest BCUT2D eigenvalue weighted by molar-refractivity contribution is 5.93. The van der Waals surface area contributed by atoms with E-state index in [4.69, 9.17) is 0 Å². The molecule has 182 valence electrons. The highest BCUT2D eigenvalue weighted by atomic mass is 16.1. The summed E-state index contributed by atoms with van der Waals surface area (Å²) in [5, 5.41) is 0. The molecule has 2 fully saturated rings. The lowest BCUT2D eigenvalue weighted by atomic mass is 9.51. The smallest absolute Gasteiger partial charge is 0.156 e. The summed E-state index contributed by atoms with van der Waals surface area (Å²) < 4.78 is 2.04. The third kappa shape index (κ3) is 3.51. The number of allylic oxidation sites excluding steroid dienone is 4. The zero-order valence-electron chi connectivity index (χ0n) is 21.2. The van der Waals surface area contributed by atoms with Crippen molar-refractivity contribution in [2.75, 3.05) is 0 Å². The second-order valence-electron chi connectivity index (χ2n) is 11.6. The van der Waals surface area contributed by atoms with E-state index in [0.717, 1.165) is 37.8 Å². The molecule has 4 heteroatoms. The predicted octanol–water partition coefficient (Wildman–Crippen LogP) is 6.61. The lowest BCUT2D eigenvalue weighted by Gasteiger charge is -2.52. The van der Waals surface area contributed by atoms with Crippen LogP contribution in [-0.4, -0.2) is 21.1 Å². The number of imidazole rings is 1. The number of fused-ring (bicyclic) bond motifs is 4. The molecule has 4 nitrogen and oxygen atoms in total. The van der Waals surface area contributed by atoms with Gasteiger partial charge in [-0.2, -0.15) is 0 Å². The van der Waals surface area contributed by atoms with Gasteiger partial charge in [0.15, 0.2) is 5.78 Å². The Morgan fingerprint density at radius 3 is 2.66 bits per heavy atom. The number of nitrogens with zero attached hydrogens (tertiary/aromatic N) is 2. The lowest BCUT2D eigenvalue weighted by Crippen LogP contribution is -2.45. The molecular formula is C31H36N2O2. The maximum Gasteiger partial charge on any atom is 0.156 e. The van der Waals surface area contributed by atoms with E-state index in [9.17, 15) is 9.59 Å². The number of ketones is 2. The van der Waals surface area contributed by atoms with Crippen molar-refractivity contribution >= 4 is 11.6 Å². The van der Waals surface area contributed by atoms with Crippen molar-refractivity contribution in [1.29, 1.82) is 0 Å². The van der Waals surface area contributed by atoms with E-state index in [-0.39, 0.29) is 17.1 Å². The first kappa shape index (κ1) is 22.7. The van der Waals surface area contributed by atoms with E-state index in [1.165, 1.54) is 23.1 Å². The van der Waals surface area contributed by atoms with Crippen molar-refractivity contribution in [3.05, 3.63) is 71.3 Å². The van der Waals surface area contributed by atoms with Gasteiger partial charge < -0.3 is 4.57 Å². The van der Waals surface area contributed by atoms with Crippen LogP contribution in [0.3, 0.4) is 0 Å². The molecule has 0 saturated heterocycles. The summed E-state index contributed by atoms with van der Waals surface area (Å²) >= 11 is 0. The SMILES string of the molecule is CC[C@@H]1CC2C3CCC4=CC(=O)CCC4=C3C(c3ccc(-n4ccnc4)cc3)C[C@]2(C)C1C(C)=O. The van der Waals surface area contributed by atoms with Gasteiger partial charge in [-0.15, -0.1) is 0 Å². The van der Waals surface area contributed by atoms with Gasteiger partial charge in [0.05, 0.1) is 6.33 Å². The molecule has 4 aliphatic rings. The quantitative estimate of drug-likeness (QED) is 0.507. The van der Waals surface area contributed by atoms with Crippen LogP contribution < -0.4 is 0 Å². The van der Waals surface area contributed by atoms with Crippen LogP contribution in [0.15, 0.2) is 65.8 Å². The Labute approximate surface area is 208 Å². The van der Waals surface area contributed by atoms with Crippen LogP contribution in [-0.2, 0) is 9.59 Å². The molecule has 6 rings (SSSR count). The van der Waals surface area contributed by atoms with Gasteiger partial charge in [-0.3, -0.25) is 9.59 Å². The predicted molar refractivity (Wildman–Crippen MR) is 137 cm³/mol. The molecular weight excluding hydrogens is 432 g/mol. The molecule has 35 heavy (non-hydrogen) atoms. The van der Waals surface area contributed by atoms with Crippen molar-refractivity contribution in [2.24, 2.45) is 29.1 Å². The zero-order valence-corrected chi connectivity index (χ0v) is 21.2. The minimum absolute atomic E-state index is 0.0284. The summed E-state index contributed by atoms with van der Waals surface area (Å²) in [5.41, 5.74) is 6.87. The average molecular weight is 469 g/mol. The van der Waals surface area contributed by atoms with Crippen LogP contribution in [0.1, 0.15) is 77.2 Å². The number of hydrogen-bond acceptors (Lipinski definition) is 3. The first-order chi connectivity index (χ1) is 16.9. The highest BCUT2D eigenvalue weighted by Crippen LogP contribution is 2.67. The minimum Gasteiger partial charge on any atom is -0.306 e. The summed E-state index contributed by atoms with van der Waals surface area (Å²) in [4.78, 5) is 29.5. The first-order valence-electron chi connectivity index (χ1n) is 13.5. The number of carbonyl (C=O) groups excluding carboxylic acids is 2. The zero-order chi connectivity index (χ0) is 24.3. The average Bonchev–Trinajstić information content (AvgIpc) is 3.49. The fourth-order valence-electron chi connectivity index (χ4n) is 8.63. The van der Waals surface area contributed by atoms with E-state index >= 15 is 0 Å². The Kier molecular flexibility index (Phi) is 5.47. The van der Waals surface area contributed by atoms with Gasteiger partial charge in [-0.25, -0.2) is 4.98 Å². The van der Waals surface area contributed by atoms with Crippen molar-refractivity contribution in [1.82, 2.24) is 9.55 Å². The maximum atomic E-state index is 13.1. The molecule has 0 bridgehead atoms. The Hall–Kier alpha value is -2.75. The highest BCUT2D eigenvalue weighted by Gasteiger charge is 2.60. The van der Waals surface area contributed by atoms with Crippen molar-refractivity contribution < 1.29 is 9.59 Å². The van der Waals surface area contributed by atoms with Gasteiger partial charge in [0.1, 0.15) is 5.78 Å². The lowest BCUT2D eigenvalue weighted by molar-refractivity contribution is -0.126. The summed E-state index contributed by atoms with van der Waals surface area (Å²) in [5.74, 6) is 2.69. The number of carbonyl (C=O) groups is 2. The van der Waals surface area contributed by atoms with E-state index in [2.05, 4.69) is 43.1 Å². The van der Waals surface area contributed by atoms with Crippen molar-refractivity contribution in [2.45, 2.75) is 71.6 Å². The maximum absolute atomic E-state index is 13.1. The topological polar surface area (TPSA) is 52.0 Å². The Balaban J connectivity index is 1.49. The van der Waals surface area contributed by atoms with Crippen LogP contribution in [0.4, 0.5) is 0 Å². The molecule has 1 aromatic heterocycles. The second-order valence-corrected chi connectivity index (χ2v) is 11.6. The molecule has 0 spiro atoms. The largest absolute Gasteiger partial charge is 0.306 e. The van der Waals surface area contributed by atoms with E-state index in [1.807, 2.05) is 30.1 Å². The molecule has 1 heterocycles. The Morgan fingerprint density at radius 1 is 1.17 bits per heavy atom. The number of benzene rings is 1. The number of Topliss-reactive ketones (excluding diaryl/α,β-unsaturated/α-hetero) is 1. The number of rotatable bonds is 4. The molecule has 4 unspecified atom stereocenters. The van der Waals surface area contributed by atoms with Gasteiger partial charge in [0.2, 0.25) is 0 Å². The van der Waals surface area contributed by atoms with Crippen LogP contribution in [0.5, 0.6) is 0 Å². The summed E-state index contributed by atoms with van der Waals surface area (Å²) in [6.07, 6.45) is 14.5. The van der Waals surface area contributed by atoms with Gasteiger partial charge in [0, 0.05) is 36.3 Å². The van der Waals surface area contributed by atoms with E-state index < -0.39 is 0 Å². The first-order valence-corrected chi connectivity index (χ1v) is 13.5. The van der Waals surface area contributed by atoms with Crippen molar-refractivity contribution in [3.8, 4) is 5.69 Å².